The maximum Gasteiger partial charge on any atom is 0.261 e. The molecule has 4 aromatic rings. The third-order valence-corrected chi connectivity index (χ3v) is 8.92. The molecule has 1 aliphatic carbocycles. The molecular weight excluding hydrogens is 544 g/mol. The summed E-state index contributed by atoms with van der Waals surface area (Å²) < 4.78 is 0. The second kappa shape index (κ2) is 11.4. The fraction of sp³-hybridized carbons (Fsp3) is 0.235. The summed E-state index contributed by atoms with van der Waals surface area (Å²) in [6.07, 6.45) is 4.50. The largest absolute Gasteiger partial charge is 0.349 e. The molecule has 212 valence electrons. The van der Waals surface area contributed by atoms with Gasteiger partial charge in [0.15, 0.2) is 0 Å². The lowest BCUT2D eigenvalue weighted by molar-refractivity contribution is 0.0952. The standard InChI is InChI=1S/C34H32N4O3S/c1-20-18-28(22(3)35-19-20)32(39)36-24-10-8-23(9-11-24)34(41)38-17-16-27(21(2)26-6-4-5-7-29(26)38)30-14-15-31(42-30)33(40)37-25-12-13-25/h4-11,14-15,18-19,25H,12-13,16-17H2,1-3H3,(H,36,39)(H,37,40). The van der Waals surface area contributed by atoms with E-state index in [1.807, 2.05) is 54.3 Å². The Labute approximate surface area is 249 Å². The number of carbonyl (C=O) groups excluding carboxylic acids is 3. The summed E-state index contributed by atoms with van der Waals surface area (Å²) in [5, 5.41) is 5.98. The lowest BCUT2D eigenvalue weighted by Gasteiger charge is -2.23. The fourth-order valence-electron chi connectivity index (χ4n) is 5.26. The van der Waals surface area contributed by atoms with Gasteiger partial charge >= 0.3 is 0 Å². The number of thiophene rings is 1. The Morgan fingerprint density at radius 2 is 1.69 bits per heavy atom. The van der Waals surface area contributed by atoms with Crippen molar-refractivity contribution in [2.24, 2.45) is 0 Å². The number of carbonyl (C=O) groups is 3. The van der Waals surface area contributed by atoms with Crippen LogP contribution in [0.3, 0.4) is 0 Å². The van der Waals surface area contributed by atoms with Crippen molar-refractivity contribution in [2.45, 2.75) is 46.1 Å². The van der Waals surface area contributed by atoms with Crippen LogP contribution in [-0.2, 0) is 0 Å². The van der Waals surface area contributed by atoms with Crippen molar-refractivity contribution < 1.29 is 14.4 Å². The topological polar surface area (TPSA) is 91.4 Å². The summed E-state index contributed by atoms with van der Waals surface area (Å²) in [5.74, 6) is -0.355. The SMILES string of the molecule is CC1=C(c2ccc(C(=O)NC3CC3)s2)CCN(C(=O)c2ccc(NC(=O)c3cc(C)cnc3C)cc2)c2ccccc21. The molecule has 2 aromatic heterocycles. The van der Waals surface area contributed by atoms with Gasteiger partial charge in [-0.05, 0) is 105 Å². The van der Waals surface area contributed by atoms with Crippen molar-refractivity contribution in [3.63, 3.8) is 0 Å². The number of anilines is 2. The van der Waals surface area contributed by atoms with Gasteiger partial charge in [0.1, 0.15) is 0 Å². The first-order chi connectivity index (χ1) is 20.3. The van der Waals surface area contributed by atoms with Gasteiger partial charge in [-0.25, -0.2) is 0 Å². The van der Waals surface area contributed by atoms with E-state index in [4.69, 9.17) is 0 Å². The number of pyridine rings is 1. The van der Waals surface area contributed by atoms with Crippen LogP contribution in [-0.4, -0.2) is 35.3 Å². The van der Waals surface area contributed by atoms with Crippen LogP contribution in [0.2, 0.25) is 0 Å². The van der Waals surface area contributed by atoms with Gasteiger partial charge < -0.3 is 15.5 Å². The Kier molecular flexibility index (Phi) is 7.47. The molecule has 1 fully saturated rings. The minimum absolute atomic E-state index is 0.0110. The number of benzene rings is 2. The van der Waals surface area contributed by atoms with Crippen LogP contribution in [0, 0.1) is 13.8 Å². The van der Waals surface area contributed by atoms with Gasteiger partial charge in [-0.3, -0.25) is 19.4 Å². The zero-order chi connectivity index (χ0) is 29.4. The number of amides is 3. The van der Waals surface area contributed by atoms with E-state index < -0.39 is 0 Å². The van der Waals surface area contributed by atoms with Gasteiger partial charge in [-0.15, -0.1) is 11.3 Å². The fourth-order valence-corrected chi connectivity index (χ4v) is 6.30. The van der Waals surface area contributed by atoms with Crippen molar-refractivity contribution in [3.8, 4) is 0 Å². The molecule has 6 rings (SSSR count). The molecule has 42 heavy (non-hydrogen) atoms. The van der Waals surface area contributed by atoms with Crippen LogP contribution < -0.4 is 15.5 Å². The van der Waals surface area contributed by atoms with E-state index in [9.17, 15) is 14.4 Å². The minimum atomic E-state index is -0.236. The molecule has 7 nitrogen and oxygen atoms in total. The number of nitrogens with one attached hydrogen (secondary N) is 2. The van der Waals surface area contributed by atoms with Crippen LogP contribution in [0.5, 0.6) is 0 Å². The molecule has 2 aliphatic rings. The first-order valence-electron chi connectivity index (χ1n) is 14.2. The molecule has 0 radical (unpaired) electrons. The summed E-state index contributed by atoms with van der Waals surface area (Å²) >= 11 is 1.51. The second-order valence-electron chi connectivity index (χ2n) is 10.9. The monoisotopic (exact) mass is 576 g/mol. The lowest BCUT2D eigenvalue weighted by Crippen LogP contribution is -2.32. The molecule has 3 heterocycles. The maximum atomic E-state index is 13.9. The highest BCUT2D eigenvalue weighted by Gasteiger charge is 2.28. The molecule has 3 amide bonds. The minimum Gasteiger partial charge on any atom is -0.349 e. The number of aromatic nitrogens is 1. The summed E-state index contributed by atoms with van der Waals surface area (Å²) in [6.45, 7) is 6.30. The zero-order valence-corrected chi connectivity index (χ0v) is 24.7. The molecule has 0 bridgehead atoms. The molecule has 0 atom stereocenters. The third-order valence-electron chi connectivity index (χ3n) is 7.78. The van der Waals surface area contributed by atoms with Crippen molar-refractivity contribution in [3.05, 3.63) is 111 Å². The lowest BCUT2D eigenvalue weighted by atomic mass is 9.98. The van der Waals surface area contributed by atoms with Gasteiger partial charge in [-0.2, -0.15) is 0 Å². The van der Waals surface area contributed by atoms with Gasteiger partial charge in [0.25, 0.3) is 17.7 Å². The van der Waals surface area contributed by atoms with Gasteiger partial charge in [0.2, 0.25) is 0 Å². The Bertz CT molecular complexity index is 1730. The van der Waals surface area contributed by atoms with E-state index in [1.165, 1.54) is 11.3 Å². The summed E-state index contributed by atoms with van der Waals surface area (Å²) in [7, 11) is 0. The molecule has 1 aliphatic heterocycles. The Morgan fingerprint density at radius 3 is 2.45 bits per heavy atom. The molecule has 0 unspecified atom stereocenters. The quantitative estimate of drug-likeness (QED) is 0.262. The predicted octanol–water partition coefficient (Wildman–Crippen LogP) is 6.89. The Hall–Kier alpha value is -4.56. The predicted molar refractivity (Wildman–Crippen MR) is 168 cm³/mol. The molecule has 0 spiro atoms. The number of rotatable bonds is 6. The number of hydrogen-bond donors (Lipinski definition) is 2. The number of allylic oxidation sites excluding steroid dienone is 1. The van der Waals surface area contributed by atoms with Crippen molar-refractivity contribution in [2.75, 3.05) is 16.8 Å². The summed E-state index contributed by atoms with van der Waals surface area (Å²) in [4.78, 5) is 47.2. The third kappa shape index (κ3) is 5.63. The first-order valence-corrected chi connectivity index (χ1v) is 15.0. The molecule has 0 saturated heterocycles. The van der Waals surface area contributed by atoms with E-state index >= 15 is 0 Å². The number of para-hydroxylation sites is 1. The van der Waals surface area contributed by atoms with Crippen LogP contribution in [0.4, 0.5) is 11.4 Å². The smallest absolute Gasteiger partial charge is 0.261 e. The van der Waals surface area contributed by atoms with E-state index in [2.05, 4.69) is 22.5 Å². The van der Waals surface area contributed by atoms with Gasteiger partial charge in [0.05, 0.1) is 16.1 Å². The normalized spacial score (nSPS) is 14.7. The zero-order valence-electron chi connectivity index (χ0n) is 23.9. The second-order valence-corrected chi connectivity index (χ2v) is 12.0. The van der Waals surface area contributed by atoms with Crippen LogP contribution in [0.15, 0.2) is 72.9 Å². The Morgan fingerprint density at radius 1 is 0.929 bits per heavy atom. The summed E-state index contributed by atoms with van der Waals surface area (Å²) in [5.41, 5.74) is 7.35. The number of aryl methyl sites for hydroxylation is 2. The van der Waals surface area contributed by atoms with Crippen molar-refractivity contribution in [1.82, 2.24) is 10.3 Å². The van der Waals surface area contributed by atoms with Crippen molar-refractivity contribution in [1.29, 1.82) is 0 Å². The average Bonchev–Trinajstić information content (AvgIpc) is 3.70. The highest BCUT2D eigenvalue weighted by Crippen LogP contribution is 2.40. The summed E-state index contributed by atoms with van der Waals surface area (Å²) in [6, 6.07) is 21.0. The van der Waals surface area contributed by atoms with Crippen molar-refractivity contribution >= 4 is 51.6 Å². The van der Waals surface area contributed by atoms with Crippen LogP contribution in [0.1, 0.15) is 78.3 Å². The van der Waals surface area contributed by atoms with Crippen LogP contribution in [0.25, 0.3) is 11.1 Å². The van der Waals surface area contributed by atoms with E-state index in [0.29, 0.717) is 46.4 Å². The highest BCUT2D eigenvalue weighted by atomic mass is 32.1. The Balaban J connectivity index is 1.21. The molecule has 8 heteroatoms. The molecule has 2 N–H and O–H groups in total. The number of nitrogens with zero attached hydrogens (tertiary/aromatic N) is 2. The van der Waals surface area contributed by atoms with Gasteiger partial charge in [0, 0.05) is 46.2 Å². The van der Waals surface area contributed by atoms with E-state index in [-0.39, 0.29) is 17.7 Å². The number of hydrogen-bond acceptors (Lipinski definition) is 5. The first kappa shape index (κ1) is 27.6. The van der Waals surface area contributed by atoms with Crippen LogP contribution >= 0.6 is 11.3 Å². The number of fused-ring (bicyclic) bond motifs is 1. The highest BCUT2D eigenvalue weighted by molar-refractivity contribution is 7.15. The van der Waals surface area contributed by atoms with E-state index in [0.717, 1.165) is 45.7 Å². The van der Waals surface area contributed by atoms with Gasteiger partial charge in [-0.1, -0.05) is 18.2 Å². The molecule has 2 aromatic carbocycles. The average molecular weight is 577 g/mol. The van der Waals surface area contributed by atoms with E-state index in [1.54, 1.807) is 37.4 Å². The molecule has 1 saturated carbocycles. The maximum absolute atomic E-state index is 13.9. The molecular formula is C34H32N4O3S.